The first-order chi connectivity index (χ1) is 23.2. The SMILES string of the molecule is Cc1ccc(N(c2ccc(C3Cc4ccccc4-c4ccccc43)cc2)c2ccc(-n3c4ccccc4c4ccccc43)cc2)cc1. The van der Waals surface area contributed by atoms with Crippen LogP contribution in [0.3, 0.4) is 0 Å². The van der Waals surface area contributed by atoms with E-state index in [1.807, 2.05) is 0 Å². The third-order valence-electron chi connectivity index (χ3n) is 9.86. The Hall–Kier alpha value is -5.86. The van der Waals surface area contributed by atoms with Crippen molar-refractivity contribution in [2.45, 2.75) is 19.3 Å². The normalized spacial score (nSPS) is 13.8. The van der Waals surface area contributed by atoms with E-state index < -0.39 is 0 Å². The molecule has 0 N–H and O–H groups in total. The predicted molar refractivity (Wildman–Crippen MR) is 198 cm³/mol. The highest BCUT2D eigenvalue weighted by Gasteiger charge is 2.26. The summed E-state index contributed by atoms with van der Waals surface area (Å²) in [6.07, 6.45) is 1.01. The number of aromatic nitrogens is 1. The smallest absolute Gasteiger partial charge is 0.0541 e. The fraction of sp³-hybridized carbons (Fsp3) is 0.0667. The van der Waals surface area contributed by atoms with Gasteiger partial charge in [-0.3, -0.25) is 0 Å². The van der Waals surface area contributed by atoms with Gasteiger partial charge < -0.3 is 9.47 Å². The van der Waals surface area contributed by atoms with E-state index in [0.29, 0.717) is 5.92 Å². The van der Waals surface area contributed by atoms with Gasteiger partial charge in [-0.05, 0) is 102 Å². The zero-order valence-corrected chi connectivity index (χ0v) is 26.3. The number of hydrogen-bond acceptors (Lipinski definition) is 1. The van der Waals surface area contributed by atoms with Crippen molar-refractivity contribution in [1.29, 1.82) is 0 Å². The van der Waals surface area contributed by atoms with Crippen LogP contribution >= 0.6 is 0 Å². The van der Waals surface area contributed by atoms with Crippen molar-refractivity contribution < 1.29 is 0 Å². The van der Waals surface area contributed by atoms with Gasteiger partial charge in [0.15, 0.2) is 0 Å². The molecule has 2 heteroatoms. The van der Waals surface area contributed by atoms with E-state index in [2.05, 4.69) is 186 Å². The Morgan fingerprint density at radius 3 is 1.66 bits per heavy atom. The molecule has 7 aromatic carbocycles. The van der Waals surface area contributed by atoms with Gasteiger partial charge in [-0.1, -0.05) is 115 Å². The number of nitrogens with zero attached hydrogens (tertiary/aromatic N) is 2. The first-order valence-corrected chi connectivity index (χ1v) is 16.5. The first kappa shape index (κ1) is 27.5. The minimum Gasteiger partial charge on any atom is -0.311 e. The Kier molecular flexibility index (Phi) is 6.53. The topological polar surface area (TPSA) is 8.17 Å². The molecule has 9 rings (SSSR count). The number of hydrogen-bond donors (Lipinski definition) is 0. The van der Waals surface area contributed by atoms with Crippen molar-refractivity contribution in [3.8, 4) is 16.8 Å². The molecule has 0 amide bonds. The lowest BCUT2D eigenvalue weighted by atomic mass is 9.76. The van der Waals surface area contributed by atoms with Crippen LogP contribution in [0.1, 0.15) is 28.2 Å². The highest BCUT2D eigenvalue weighted by atomic mass is 15.1. The van der Waals surface area contributed by atoms with E-state index in [1.165, 1.54) is 55.2 Å². The molecule has 1 unspecified atom stereocenters. The highest BCUT2D eigenvalue weighted by Crippen LogP contribution is 2.44. The molecular weight excluding hydrogens is 569 g/mol. The molecular formula is C45H34N2. The Morgan fingerprint density at radius 2 is 1.00 bits per heavy atom. The number of fused-ring (bicyclic) bond motifs is 6. The molecule has 1 aliphatic carbocycles. The number of anilines is 3. The van der Waals surface area contributed by atoms with E-state index in [9.17, 15) is 0 Å². The fourth-order valence-corrected chi connectivity index (χ4v) is 7.58. The third-order valence-corrected chi connectivity index (χ3v) is 9.86. The molecule has 224 valence electrons. The van der Waals surface area contributed by atoms with E-state index in [4.69, 9.17) is 0 Å². The Bertz CT molecular complexity index is 2330. The van der Waals surface area contributed by atoms with Crippen LogP contribution in [-0.4, -0.2) is 4.57 Å². The van der Waals surface area contributed by atoms with Crippen LogP contribution in [0.2, 0.25) is 0 Å². The lowest BCUT2D eigenvalue weighted by Gasteiger charge is -2.29. The van der Waals surface area contributed by atoms with Crippen molar-refractivity contribution in [1.82, 2.24) is 4.57 Å². The van der Waals surface area contributed by atoms with Crippen LogP contribution < -0.4 is 4.90 Å². The molecule has 8 aromatic rings. The second kappa shape index (κ2) is 11.2. The summed E-state index contributed by atoms with van der Waals surface area (Å²) in [6, 6.07) is 62.2. The number of rotatable bonds is 5. The van der Waals surface area contributed by atoms with E-state index in [-0.39, 0.29) is 0 Å². The molecule has 0 spiro atoms. The van der Waals surface area contributed by atoms with Crippen molar-refractivity contribution in [3.05, 3.63) is 192 Å². The molecule has 2 nitrogen and oxygen atoms in total. The first-order valence-electron chi connectivity index (χ1n) is 16.5. The standard InChI is InChI=1S/C45H34N2/c1-31-18-22-34(23-19-31)46(36-26-28-37(29-27-36)47-44-16-8-6-14-41(44)42-15-7-9-17-45(42)47)35-24-20-32(21-25-35)43-30-33-10-2-3-11-38(33)39-12-4-5-13-40(39)43/h2-29,43H,30H2,1H3. The number of aryl methyl sites for hydroxylation is 1. The van der Waals surface area contributed by atoms with E-state index >= 15 is 0 Å². The molecule has 1 aliphatic rings. The molecule has 0 aliphatic heterocycles. The highest BCUT2D eigenvalue weighted by molar-refractivity contribution is 6.09. The summed E-state index contributed by atoms with van der Waals surface area (Å²) in [5.41, 5.74) is 15.2. The second-order valence-corrected chi connectivity index (χ2v) is 12.6. The predicted octanol–water partition coefficient (Wildman–Crippen LogP) is 11.9. The van der Waals surface area contributed by atoms with Crippen LogP contribution in [-0.2, 0) is 6.42 Å². The molecule has 0 saturated heterocycles. The Labute approximate surface area is 275 Å². The average molecular weight is 603 g/mol. The minimum absolute atomic E-state index is 0.327. The van der Waals surface area contributed by atoms with Gasteiger partial charge in [-0.15, -0.1) is 0 Å². The quantitative estimate of drug-likeness (QED) is 0.190. The van der Waals surface area contributed by atoms with E-state index in [0.717, 1.165) is 29.2 Å². The van der Waals surface area contributed by atoms with Crippen molar-refractivity contribution >= 4 is 38.9 Å². The zero-order chi connectivity index (χ0) is 31.3. The molecule has 1 heterocycles. The van der Waals surface area contributed by atoms with Crippen molar-refractivity contribution in [2.24, 2.45) is 0 Å². The Balaban J connectivity index is 1.11. The average Bonchev–Trinajstić information content (AvgIpc) is 3.47. The summed E-state index contributed by atoms with van der Waals surface area (Å²) in [6.45, 7) is 2.14. The summed E-state index contributed by atoms with van der Waals surface area (Å²) in [7, 11) is 0. The summed E-state index contributed by atoms with van der Waals surface area (Å²) in [4.78, 5) is 2.36. The number of para-hydroxylation sites is 2. The van der Waals surface area contributed by atoms with Gasteiger partial charge in [0.25, 0.3) is 0 Å². The summed E-state index contributed by atoms with van der Waals surface area (Å²) in [5.74, 6) is 0.327. The summed E-state index contributed by atoms with van der Waals surface area (Å²) >= 11 is 0. The van der Waals surface area contributed by atoms with Gasteiger partial charge in [-0.25, -0.2) is 0 Å². The molecule has 0 fully saturated rings. The van der Waals surface area contributed by atoms with Crippen LogP contribution in [0.4, 0.5) is 17.1 Å². The maximum absolute atomic E-state index is 2.37. The molecule has 47 heavy (non-hydrogen) atoms. The van der Waals surface area contributed by atoms with Gasteiger partial charge in [0.1, 0.15) is 0 Å². The van der Waals surface area contributed by atoms with Crippen LogP contribution in [0, 0.1) is 6.92 Å². The minimum atomic E-state index is 0.327. The number of benzene rings is 7. The van der Waals surface area contributed by atoms with Crippen LogP contribution in [0.25, 0.3) is 38.6 Å². The molecule has 0 bridgehead atoms. The van der Waals surface area contributed by atoms with Gasteiger partial charge in [0, 0.05) is 39.4 Å². The molecule has 0 radical (unpaired) electrons. The zero-order valence-electron chi connectivity index (χ0n) is 26.3. The van der Waals surface area contributed by atoms with Gasteiger partial charge >= 0.3 is 0 Å². The second-order valence-electron chi connectivity index (χ2n) is 12.6. The van der Waals surface area contributed by atoms with Crippen molar-refractivity contribution in [2.75, 3.05) is 4.90 Å². The van der Waals surface area contributed by atoms with Gasteiger partial charge in [0.2, 0.25) is 0 Å². The monoisotopic (exact) mass is 602 g/mol. The van der Waals surface area contributed by atoms with Crippen LogP contribution in [0.5, 0.6) is 0 Å². The van der Waals surface area contributed by atoms with Gasteiger partial charge in [0.05, 0.1) is 11.0 Å². The molecule has 1 atom stereocenters. The van der Waals surface area contributed by atoms with Crippen molar-refractivity contribution in [3.63, 3.8) is 0 Å². The largest absolute Gasteiger partial charge is 0.311 e. The maximum atomic E-state index is 2.37. The summed E-state index contributed by atoms with van der Waals surface area (Å²) in [5, 5.41) is 2.55. The Morgan fingerprint density at radius 1 is 0.489 bits per heavy atom. The molecule has 1 aromatic heterocycles. The van der Waals surface area contributed by atoms with Crippen LogP contribution in [0.15, 0.2) is 170 Å². The van der Waals surface area contributed by atoms with Gasteiger partial charge in [-0.2, -0.15) is 0 Å². The lowest BCUT2D eigenvalue weighted by Crippen LogP contribution is -2.13. The maximum Gasteiger partial charge on any atom is 0.0541 e. The summed E-state index contributed by atoms with van der Waals surface area (Å²) < 4.78 is 2.37. The lowest BCUT2D eigenvalue weighted by molar-refractivity contribution is 0.794. The molecule has 0 saturated carbocycles. The fourth-order valence-electron chi connectivity index (χ4n) is 7.58. The third kappa shape index (κ3) is 4.64. The van der Waals surface area contributed by atoms with E-state index in [1.54, 1.807) is 0 Å².